The highest BCUT2D eigenvalue weighted by molar-refractivity contribution is 6.31. The number of carbonyl (C=O) groups excluding carboxylic acids is 2. The molecule has 1 aliphatic rings. The number of ether oxygens (including phenoxy) is 1. The molecule has 35 heavy (non-hydrogen) atoms. The van der Waals surface area contributed by atoms with Crippen molar-refractivity contribution in [2.45, 2.75) is 32.9 Å². The Morgan fingerprint density at radius 2 is 1.83 bits per heavy atom. The van der Waals surface area contributed by atoms with E-state index in [2.05, 4.69) is 20.7 Å². The number of fused-ring (bicyclic) bond motifs is 3. The van der Waals surface area contributed by atoms with Crippen molar-refractivity contribution in [3.63, 3.8) is 0 Å². The van der Waals surface area contributed by atoms with Crippen LogP contribution >= 0.6 is 11.6 Å². The van der Waals surface area contributed by atoms with Crippen molar-refractivity contribution in [3.05, 3.63) is 81.9 Å². The van der Waals surface area contributed by atoms with Gasteiger partial charge in [-0.3, -0.25) is 9.79 Å². The lowest BCUT2D eigenvalue weighted by Crippen LogP contribution is -2.38. The number of benzene rings is 2. The third kappa shape index (κ3) is 5.68. The molecule has 0 bridgehead atoms. The Morgan fingerprint density at radius 1 is 1.09 bits per heavy atom. The Morgan fingerprint density at radius 3 is 2.57 bits per heavy atom. The Hall–Kier alpha value is -3.72. The fourth-order valence-corrected chi connectivity index (χ4v) is 3.78. The second-order valence-electron chi connectivity index (χ2n) is 8.92. The van der Waals surface area contributed by atoms with Crippen LogP contribution in [0.5, 0.6) is 0 Å². The van der Waals surface area contributed by atoms with Gasteiger partial charge in [-0.2, -0.15) is 5.10 Å². The zero-order valence-corrected chi connectivity index (χ0v) is 20.3. The SMILES string of the molecule is CC(C)(C)OC(=O)NCCNC(=O)c1cc2n(n1)-c1ccc(Cl)cc1C(c1ccccc1F)=NC2. The lowest BCUT2D eigenvalue weighted by Gasteiger charge is -2.19. The van der Waals surface area contributed by atoms with Crippen molar-refractivity contribution < 1.29 is 18.7 Å². The normalized spacial score (nSPS) is 12.7. The number of alkyl carbamates (subject to hydrolysis) is 1. The van der Waals surface area contributed by atoms with Crippen LogP contribution in [-0.2, 0) is 11.3 Å². The van der Waals surface area contributed by atoms with Gasteiger partial charge in [0.05, 0.1) is 23.6 Å². The fraction of sp³-hybridized carbons (Fsp3) is 0.280. The van der Waals surface area contributed by atoms with E-state index in [1.165, 1.54) is 6.07 Å². The number of hydrogen-bond acceptors (Lipinski definition) is 5. The van der Waals surface area contributed by atoms with Gasteiger partial charge < -0.3 is 15.4 Å². The monoisotopic (exact) mass is 497 g/mol. The molecule has 0 fully saturated rings. The maximum Gasteiger partial charge on any atom is 0.407 e. The number of carbonyl (C=O) groups is 2. The van der Waals surface area contributed by atoms with Gasteiger partial charge in [-0.1, -0.05) is 23.7 Å². The lowest BCUT2D eigenvalue weighted by molar-refractivity contribution is 0.0526. The highest BCUT2D eigenvalue weighted by atomic mass is 35.5. The van der Waals surface area contributed by atoms with E-state index >= 15 is 0 Å². The maximum atomic E-state index is 14.6. The molecule has 0 radical (unpaired) electrons. The summed E-state index contributed by atoms with van der Waals surface area (Å²) in [6.07, 6.45) is -0.556. The van der Waals surface area contributed by atoms with Gasteiger partial charge in [0, 0.05) is 29.2 Å². The number of halogens is 2. The van der Waals surface area contributed by atoms with E-state index < -0.39 is 23.4 Å². The number of nitrogens with zero attached hydrogens (tertiary/aromatic N) is 3. The molecule has 2 N–H and O–H groups in total. The standard InChI is InChI=1S/C25H25ClFN5O3/c1-25(2,3)35-24(34)29-11-10-28-23(33)20-13-16-14-30-22(17-6-4-5-7-19(17)27)18-12-15(26)8-9-21(18)32(16)31-20/h4-9,12-13H,10-11,14H2,1-3H3,(H,28,33)(H,29,34). The van der Waals surface area contributed by atoms with Gasteiger partial charge in [0.2, 0.25) is 0 Å². The summed E-state index contributed by atoms with van der Waals surface area (Å²) in [7, 11) is 0. The molecule has 0 aliphatic carbocycles. The zero-order valence-electron chi connectivity index (χ0n) is 19.6. The predicted molar refractivity (Wildman–Crippen MR) is 131 cm³/mol. The second-order valence-corrected chi connectivity index (χ2v) is 9.36. The maximum absolute atomic E-state index is 14.6. The van der Waals surface area contributed by atoms with Crippen LogP contribution in [0, 0.1) is 5.82 Å². The minimum atomic E-state index is -0.601. The first-order valence-electron chi connectivity index (χ1n) is 11.1. The molecule has 1 aromatic heterocycles. The van der Waals surface area contributed by atoms with Crippen LogP contribution in [0.3, 0.4) is 0 Å². The zero-order chi connectivity index (χ0) is 25.2. The summed E-state index contributed by atoms with van der Waals surface area (Å²) < 4.78 is 21.4. The van der Waals surface area contributed by atoms with Crippen LogP contribution in [0.1, 0.15) is 48.1 Å². The van der Waals surface area contributed by atoms with Gasteiger partial charge in [-0.15, -0.1) is 0 Å². The van der Waals surface area contributed by atoms with Gasteiger partial charge in [-0.25, -0.2) is 13.9 Å². The summed E-state index contributed by atoms with van der Waals surface area (Å²) in [5.41, 5.74) is 2.33. The molecule has 0 spiro atoms. The van der Waals surface area contributed by atoms with Crippen molar-refractivity contribution in [2.75, 3.05) is 13.1 Å². The van der Waals surface area contributed by atoms with Crippen LogP contribution in [0.25, 0.3) is 5.69 Å². The van der Waals surface area contributed by atoms with E-state index in [-0.39, 0.29) is 25.3 Å². The molecule has 1 aliphatic heterocycles. The molecule has 0 saturated heterocycles. The van der Waals surface area contributed by atoms with E-state index in [0.717, 1.165) is 0 Å². The van der Waals surface area contributed by atoms with E-state index in [0.29, 0.717) is 33.2 Å². The summed E-state index contributed by atoms with van der Waals surface area (Å²) in [6, 6.07) is 13.2. The molecular weight excluding hydrogens is 473 g/mol. The van der Waals surface area contributed by atoms with Crippen LogP contribution in [-0.4, -0.2) is 46.2 Å². The highest BCUT2D eigenvalue weighted by Crippen LogP contribution is 2.28. The Balaban J connectivity index is 1.53. The number of rotatable bonds is 5. The molecule has 4 rings (SSSR count). The molecule has 2 aromatic carbocycles. The average molecular weight is 498 g/mol. The van der Waals surface area contributed by atoms with Gasteiger partial charge in [0.15, 0.2) is 5.69 Å². The fourth-order valence-electron chi connectivity index (χ4n) is 3.61. The molecule has 3 aromatic rings. The molecule has 2 amide bonds. The van der Waals surface area contributed by atoms with E-state index in [9.17, 15) is 14.0 Å². The average Bonchev–Trinajstić information content (AvgIpc) is 3.15. The number of aliphatic imine (C=N–C) groups is 1. The Labute approximate surface area is 207 Å². The van der Waals surface area contributed by atoms with Crippen molar-refractivity contribution in [1.29, 1.82) is 0 Å². The molecule has 10 heteroatoms. The molecule has 8 nitrogen and oxygen atoms in total. The predicted octanol–water partition coefficient (Wildman–Crippen LogP) is 4.27. The topological polar surface area (TPSA) is 97.6 Å². The van der Waals surface area contributed by atoms with Gasteiger partial charge in [0.25, 0.3) is 5.91 Å². The van der Waals surface area contributed by atoms with Crippen molar-refractivity contribution in [2.24, 2.45) is 4.99 Å². The quantitative estimate of drug-likeness (QED) is 0.514. The summed E-state index contributed by atoms with van der Waals surface area (Å²) in [5, 5.41) is 10.3. The third-order valence-corrected chi connectivity index (χ3v) is 5.30. The van der Waals surface area contributed by atoms with Gasteiger partial charge in [0.1, 0.15) is 11.4 Å². The molecule has 2 heterocycles. The summed E-state index contributed by atoms with van der Waals surface area (Å²) >= 11 is 6.25. The molecule has 0 atom stereocenters. The lowest BCUT2D eigenvalue weighted by atomic mass is 10.00. The minimum Gasteiger partial charge on any atom is -0.444 e. The van der Waals surface area contributed by atoms with E-state index in [1.807, 2.05) is 0 Å². The Kier molecular flexibility index (Phi) is 6.88. The first kappa shape index (κ1) is 24.4. The van der Waals surface area contributed by atoms with E-state index in [4.69, 9.17) is 16.3 Å². The van der Waals surface area contributed by atoms with E-state index in [1.54, 1.807) is 67.9 Å². The number of hydrogen-bond donors (Lipinski definition) is 2. The molecular formula is C25H25ClFN5O3. The van der Waals surface area contributed by atoms with Crippen molar-refractivity contribution >= 4 is 29.3 Å². The first-order chi connectivity index (χ1) is 16.6. The Bertz CT molecular complexity index is 1310. The third-order valence-electron chi connectivity index (χ3n) is 5.06. The first-order valence-corrected chi connectivity index (χ1v) is 11.4. The van der Waals surface area contributed by atoms with Crippen LogP contribution in [0.15, 0.2) is 53.5 Å². The van der Waals surface area contributed by atoms with Gasteiger partial charge >= 0.3 is 6.09 Å². The second kappa shape index (κ2) is 9.87. The smallest absolute Gasteiger partial charge is 0.407 e. The molecule has 0 unspecified atom stereocenters. The highest BCUT2D eigenvalue weighted by Gasteiger charge is 2.24. The number of nitrogens with one attached hydrogen (secondary N) is 2. The molecule has 0 saturated carbocycles. The van der Waals surface area contributed by atoms with Crippen molar-refractivity contribution in [1.82, 2.24) is 20.4 Å². The molecule has 182 valence electrons. The largest absolute Gasteiger partial charge is 0.444 e. The van der Waals surface area contributed by atoms with Crippen LogP contribution in [0.2, 0.25) is 5.02 Å². The minimum absolute atomic E-state index is 0.191. The van der Waals surface area contributed by atoms with Crippen molar-refractivity contribution in [3.8, 4) is 5.69 Å². The summed E-state index contributed by atoms with van der Waals surface area (Å²) in [4.78, 5) is 29.0. The van der Waals surface area contributed by atoms with Crippen LogP contribution in [0.4, 0.5) is 9.18 Å². The number of aromatic nitrogens is 2. The summed E-state index contributed by atoms with van der Waals surface area (Å²) in [6.45, 7) is 5.90. The van der Waals surface area contributed by atoms with Gasteiger partial charge in [-0.05, 0) is 57.2 Å². The van der Waals surface area contributed by atoms with Crippen LogP contribution < -0.4 is 10.6 Å². The number of amides is 2. The summed E-state index contributed by atoms with van der Waals surface area (Å²) in [5.74, 6) is -0.790.